The summed E-state index contributed by atoms with van der Waals surface area (Å²) in [5, 5.41) is 15.1. The van der Waals surface area contributed by atoms with Crippen molar-refractivity contribution < 1.29 is 4.79 Å². The molecule has 154 valence electrons. The first-order valence-electron chi connectivity index (χ1n) is 9.87. The Balaban J connectivity index is 1.51. The number of carbonyl (C=O) groups excluding carboxylic acids is 1. The second-order valence-corrected chi connectivity index (χ2v) is 9.36. The topological polar surface area (TPSA) is 72.2 Å². The van der Waals surface area contributed by atoms with E-state index in [4.69, 9.17) is 4.98 Å². The van der Waals surface area contributed by atoms with Gasteiger partial charge in [-0.25, -0.2) is 4.98 Å². The molecule has 3 heterocycles. The van der Waals surface area contributed by atoms with Gasteiger partial charge in [-0.1, -0.05) is 60.3 Å². The van der Waals surface area contributed by atoms with E-state index < -0.39 is 0 Å². The summed E-state index contributed by atoms with van der Waals surface area (Å²) >= 11 is 3.01. The largest absolute Gasteiger partial charge is 0.350 e. The van der Waals surface area contributed by atoms with E-state index >= 15 is 0 Å². The zero-order valence-electron chi connectivity index (χ0n) is 16.7. The van der Waals surface area contributed by atoms with Crippen LogP contribution in [0.3, 0.4) is 0 Å². The number of aromatic nitrogens is 4. The number of carbonyl (C=O) groups is 1. The van der Waals surface area contributed by atoms with Crippen molar-refractivity contribution in [2.75, 3.05) is 0 Å². The third-order valence-electron chi connectivity index (χ3n) is 4.92. The number of amides is 1. The zero-order chi connectivity index (χ0) is 21.2. The molecule has 0 radical (unpaired) electrons. The SMILES string of the molecule is C[C@H](Sc1nnc2c3ccccc3nc(-c3ccccc3)n12)C(=O)NCc1cccs1. The van der Waals surface area contributed by atoms with Gasteiger partial charge in [0.05, 0.1) is 17.3 Å². The van der Waals surface area contributed by atoms with Gasteiger partial charge in [-0.2, -0.15) is 0 Å². The van der Waals surface area contributed by atoms with Crippen LogP contribution in [0.4, 0.5) is 0 Å². The molecule has 5 aromatic rings. The Bertz CT molecular complexity index is 1350. The molecule has 31 heavy (non-hydrogen) atoms. The number of rotatable bonds is 6. The van der Waals surface area contributed by atoms with Crippen LogP contribution >= 0.6 is 23.1 Å². The number of benzene rings is 2. The van der Waals surface area contributed by atoms with Gasteiger partial charge < -0.3 is 5.32 Å². The fourth-order valence-electron chi connectivity index (χ4n) is 3.36. The highest BCUT2D eigenvalue weighted by Gasteiger charge is 2.21. The van der Waals surface area contributed by atoms with Crippen LogP contribution in [0, 0.1) is 0 Å². The second kappa shape index (κ2) is 8.49. The van der Waals surface area contributed by atoms with Crippen LogP contribution in [0.2, 0.25) is 0 Å². The maximum atomic E-state index is 12.7. The van der Waals surface area contributed by atoms with Crippen molar-refractivity contribution in [3.8, 4) is 11.4 Å². The van der Waals surface area contributed by atoms with Gasteiger partial charge in [0.1, 0.15) is 5.82 Å². The van der Waals surface area contributed by atoms with Gasteiger partial charge in [-0.3, -0.25) is 9.20 Å². The molecule has 1 amide bonds. The van der Waals surface area contributed by atoms with Crippen molar-refractivity contribution in [3.63, 3.8) is 0 Å². The van der Waals surface area contributed by atoms with Gasteiger partial charge in [0, 0.05) is 15.8 Å². The Hall–Kier alpha value is -3.23. The van der Waals surface area contributed by atoms with Gasteiger partial charge in [-0.15, -0.1) is 21.5 Å². The van der Waals surface area contributed by atoms with Crippen molar-refractivity contribution in [1.82, 2.24) is 24.9 Å². The number of hydrogen-bond donors (Lipinski definition) is 1. The molecule has 1 atom stereocenters. The third kappa shape index (κ3) is 3.92. The summed E-state index contributed by atoms with van der Waals surface area (Å²) in [5.74, 6) is 0.721. The van der Waals surface area contributed by atoms with E-state index in [0.717, 1.165) is 32.8 Å². The van der Waals surface area contributed by atoms with E-state index in [0.29, 0.717) is 11.7 Å². The Kier molecular flexibility index (Phi) is 5.40. The van der Waals surface area contributed by atoms with Gasteiger partial charge in [-0.05, 0) is 30.5 Å². The van der Waals surface area contributed by atoms with Gasteiger partial charge in [0.2, 0.25) is 5.91 Å². The molecular weight excluding hydrogens is 426 g/mol. The smallest absolute Gasteiger partial charge is 0.233 e. The van der Waals surface area contributed by atoms with Crippen LogP contribution < -0.4 is 5.32 Å². The minimum atomic E-state index is -0.331. The average Bonchev–Trinajstić information content (AvgIpc) is 3.48. The van der Waals surface area contributed by atoms with Crippen molar-refractivity contribution in [2.24, 2.45) is 0 Å². The number of nitrogens with zero attached hydrogens (tertiary/aromatic N) is 4. The Morgan fingerprint density at radius 2 is 1.87 bits per heavy atom. The van der Waals surface area contributed by atoms with Crippen LogP contribution in [0.15, 0.2) is 77.3 Å². The number of thioether (sulfide) groups is 1. The van der Waals surface area contributed by atoms with Gasteiger partial charge in [0.15, 0.2) is 10.8 Å². The number of fused-ring (bicyclic) bond motifs is 3. The lowest BCUT2D eigenvalue weighted by Crippen LogP contribution is -2.30. The normalized spacial score (nSPS) is 12.3. The molecule has 0 spiro atoms. The Labute approximate surface area is 187 Å². The monoisotopic (exact) mass is 445 g/mol. The van der Waals surface area contributed by atoms with E-state index in [2.05, 4.69) is 15.5 Å². The van der Waals surface area contributed by atoms with Crippen LogP contribution in [-0.4, -0.2) is 30.7 Å². The molecule has 0 fully saturated rings. The van der Waals surface area contributed by atoms with Crippen LogP contribution in [0.5, 0.6) is 0 Å². The van der Waals surface area contributed by atoms with Gasteiger partial charge in [0.25, 0.3) is 0 Å². The number of para-hydroxylation sites is 1. The minimum Gasteiger partial charge on any atom is -0.350 e. The molecule has 0 aliphatic carbocycles. The second-order valence-electron chi connectivity index (χ2n) is 7.02. The maximum Gasteiger partial charge on any atom is 0.233 e. The highest BCUT2D eigenvalue weighted by molar-refractivity contribution is 8.00. The average molecular weight is 446 g/mol. The predicted molar refractivity (Wildman–Crippen MR) is 125 cm³/mol. The molecule has 5 rings (SSSR count). The fraction of sp³-hybridized carbons (Fsp3) is 0.130. The van der Waals surface area contributed by atoms with Crippen LogP contribution in [0.1, 0.15) is 11.8 Å². The number of hydrogen-bond acceptors (Lipinski definition) is 6. The Morgan fingerprint density at radius 1 is 1.06 bits per heavy atom. The summed E-state index contributed by atoms with van der Waals surface area (Å²) in [6.45, 7) is 2.41. The van der Waals surface area contributed by atoms with E-state index in [-0.39, 0.29) is 11.2 Å². The highest BCUT2D eigenvalue weighted by Crippen LogP contribution is 2.30. The van der Waals surface area contributed by atoms with E-state index in [1.165, 1.54) is 11.8 Å². The maximum absolute atomic E-state index is 12.7. The van der Waals surface area contributed by atoms with Crippen LogP contribution in [-0.2, 0) is 11.3 Å². The third-order valence-corrected chi connectivity index (χ3v) is 6.84. The lowest BCUT2D eigenvalue weighted by Gasteiger charge is -2.12. The van der Waals surface area contributed by atoms with Crippen LogP contribution in [0.25, 0.3) is 27.9 Å². The summed E-state index contributed by atoms with van der Waals surface area (Å²) in [7, 11) is 0. The molecule has 1 N–H and O–H groups in total. The summed E-state index contributed by atoms with van der Waals surface area (Å²) < 4.78 is 1.95. The zero-order valence-corrected chi connectivity index (χ0v) is 18.4. The summed E-state index contributed by atoms with van der Waals surface area (Å²) in [4.78, 5) is 18.7. The van der Waals surface area contributed by atoms with E-state index in [9.17, 15) is 4.79 Å². The molecule has 0 bridgehead atoms. The lowest BCUT2D eigenvalue weighted by molar-refractivity contribution is -0.120. The van der Waals surface area contributed by atoms with E-state index in [1.54, 1.807) is 11.3 Å². The van der Waals surface area contributed by atoms with Crippen molar-refractivity contribution >= 4 is 45.6 Å². The molecule has 2 aromatic carbocycles. The minimum absolute atomic E-state index is 0.0369. The molecule has 0 aliphatic rings. The molecule has 0 saturated heterocycles. The molecule has 0 saturated carbocycles. The van der Waals surface area contributed by atoms with Crippen molar-refractivity contribution in [1.29, 1.82) is 0 Å². The number of thiophene rings is 1. The first kappa shape index (κ1) is 19.7. The first-order chi connectivity index (χ1) is 15.2. The fourth-order valence-corrected chi connectivity index (χ4v) is 4.88. The quantitative estimate of drug-likeness (QED) is 0.380. The first-order valence-corrected chi connectivity index (χ1v) is 11.6. The summed E-state index contributed by atoms with van der Waals surface area (Å²) in [6, 6.07) is 21.9. The predicted octanol–water partition coefficient (Wildman–Crippen LogP) is 4.80. The molecule has 8 heteroatoms. The molecule has 0 aliphatic heterocycles. The summed E-state index contributed by atoms with van der Waals surface area (Å²) in [6.07, 6.45) is 0. The number of nitrogens with one attached hydrogen (secondary N) is 1. The molecule has 3 aromatic heterocycles. The lowest BCUT2D eigenvalue weighted by atomic mass is 10.2. The van der Waals surface area contributed by atoms with Crippen molar-refractivity contribution in [3.05, 3.63) is 77.0 Å². The molecule has 0 unspecified atom stereocenters. The standard InChI is InChI=1S/C23H19N5OS2/c1-15(22(29)24-14-17-10-7-13-30-17)31-23-27-26-21-18-11-5-6-12-19(18)25-20(28(21)23)16-8-3-2-4-9-16/h2-13,15H,14H2,1H3,(H,24,29)/t15-/m0/s1. The summed E-state index contributed by atoms with van der Waals surface area (Å²) in [5.41, 5.74) is 2.56. The Morgan fingerprint density at radius 3 is 2.68 bits per heavy atom. The van der Waals surface area contributed by atoms with E-state index in [1.807, 2.05) is 83.4 Å². The molecular formula is C23H19N5OS2. The van der Waals surface area contributed by atoms with Crippen molar-refractivity contribution in [2.45, 2.75) is 23.9 Å². The van der Waals surface area contributed by atoms with Gasteiger partial charge >= 0.3 is 0 Å². The highest BCUT2D eigenvalue weighted by atomic mass is 32.2. The molecule has 6 nitrogen and oxygen atoms in total.